The molecule has 1 atom stereocenters. The van der Waals surface area contributed by atoms with Crippen molar-refractivity contribution in [3.8, 4) is 0 Å². The lowest BCUT2D eigenvalue weighted by molar-refractivity contribution is -0.743. The van der Waals surface area contributed by atoms with Crippen LogP contribution < -0.4 is 0 Å². The molecule has 1 aliphatic rings. The molecule has 0 N–H and O–H groups in total. The largest absolute Gasteiger partial charge is 0.394 e. The zero-order valence-corrected chi connectivity index (χ0v) is 13.9. The predicted molar refractivity (Wildman–Crippen MR) is 94.4 cm³/mol. The molecule has 2 aromatic carbocycles. The summed E-state index contributed by atoms with van der Waals surface area (Å²) in [7, 11) is 0. The van der Waals surface area contributed by atoms with Crippen molar-refractivity contribution >= 4 is 11.8 Å². The molecular formula is C19H18N2O4. The van der Waals surface area contributed by atoms with E-state index in [9.17, 15) is 15.3 Å². The standard InChI is InChI=1S/C19H18N2O4/c1-13-3-7-15(8-4-13)11-17(20(22)23)18-12-19(25-21(18)24)16-9-5-14(2)6-10-16/h3-11,19H,12H2,1-2H3/b17-11+/i11D,19D. The molecule has 0 radical (unpaired) electrons. The number of hydrogen-bond acceptors (Lipinski definition) is 4. The zero-order chi connectivity index (χ0) is 19.8. The third kappa shape index (κ3) is 3.68. The molecule has 0 aromatic heterocycles. The fourth-order valence-electron chi connectivity index (χ4n) is 2.47. The summed E-state index contributed by atoms with van der Waals surface area (Å²) >= 11 is 0. The van der Waals surface area contributed by atoms with E-state index in [0.29, 0.717) is 11.1 Å². The molecule has 0 saturated heterocycles. The summed E-state index contributed by atoms with van der Waals surface area (Å²) in [5, 5.41) is 23.9. The van der Waals surface area contributed by atoms with Crippen LogP contribution in [0, 0.1) is 29.2 Å². The first kappa shape index (κ1) is 14.2. The van der Waals surface area contributed by atoms with Gasteiger partial charge in [0.25, 0.3) is 0 Å². The van der Waals surface area contributed by atoms with Gasteiger partial charge in [-0.1, -0.05) is 59.7 Å². The average molecular weight is 340 g/mol. The number of hydrogen-bond donors (Lipinski definition) is 0. The lowest BCUT2D eigenvalue weighted by atomic mass is 10.0. The Labute approximate surface area is 148 Å². The van der Waals surface area contributed by atoms with Gasteiger partial charge in [0.1, 0.15) is 6.08 Å². The van der Waals surface area contributed by atoms with Gasteiger partial charge in [-0.15, -0.1) is 0 Å². The van der Waals surface area contributed by atoms with Crippen molar-refractivity contribution in [3.05, 3.63) is 91.8 Å². The van der Waals surface area contributed by atoms with Gasteiger partial charge in [-0.05, 0) is 25.0 Å². The van der Waals surface area contributed by atoms with Crippen LogP contribution in [0.1, 0.15) is 37.5 Å². The maximum Gasteiger partial charge on any atom is 0.342 e. The van der Waals surface area contributed by atoms with E-state index in [0.717, 1.165) is 11.1 Å². The van der Waals surface area contributed by atoms with Crippen LogP contribution in [0.15, 0.2) is 54.2 Å². The van der Waals surface area contributed by atoms with Gasteiger partial charge in [0.05, 0.1) is 14.1 Å². The molecule has 128 valence electrons. The molecule has 0 spiro atoms. The van der Waals surface area contributed by atoms with Crippen molar-refractivity contribution in [3.63, 3.8) is 0 Å². The zero-order valence-electron chi connectivity index (χ0n) is 15.9. The minimum Gasteiger partial charge on any atom is -0.394 e. The molecule has 1 unspecified atom stereocenters. The summed E-state index contributed by atoms with van der Waals surface area (Å²) in [6, 6.07) is 13.1. The van der Waals surface area contributed by atoms with E-state index >= 15 is 0 Å². The van der Waals surface area contributed by atoms with Gasteiger partial charge in [-0.2, -0.15) is 0 Å². The number of nitro groups is 1. The van der Waals surface area contributed by atoms with E-state index in [1.165, 1.54) is 0 Å². The highest BCUT2D eigenvalue weighted by molar-refractivity contribution is 5.98. The van der Waals surface area contributed by atoms with Gasteiger partial charge in [-0.3, -0.25) is 15.3 Å². The van der Waals surface area contributed by atoms with Crippen LogP contribution in [0.25, 0.3) is 6.05 Å². The van der Waals surface area contributed by atoms with Gasteiger partial charge in [0.2, 0.25) is 0 Å². The fraction of sp³-hybridized carbons (Fsp3) is 0.211. The first-order valence-corrected chi connectivity index (χ1v) is 7.73. The van der Waals surface area contributed by atoms with Crippen LogP contribution >= 0.6 is 0 Å². The maximum absolute atomic E-state index is 12.3. The van der Waals surface area contributed by atoms with E-state index in [1.54, 1.807) is 48.5 Å². The smallest absolute Gasteiger partial charge is 0.342 e. The van der Waals surface area contributed by atoms with Crippen molar-refractivity contribution in [1.29, 1.82) is 0 Å². The van der Waals surface area contributed by atoms with Crippen LogP contribution in [0.2, 0.25) is 0 Å². The molecule has 0 amide bonds. The SMILES string of the molecule is [2H]/C(=C(/C1=[N+]([O-])OC([2H])(c2ccc(C)cc2)C1)[N+](=O)[O-])c1ccc(C)cc1. The van der Waals surface area contributed by atoms with Crippen LogP contribution in [-0.2, 0) is 4.84 Å². The van der Waals surface area contributed by atoms with Crippen LogP contribution in [0.3, 0.4) is 0 Å². The normalized spacial score (nSPS) is 22.0. The minimum atomic E-state index is -1.78. The number of benzene rings is 2. The van der Waals surface area contributed by atoms with Gasteiger partial charge >= 0.3 is 11.4 Å². The number of allylic oxidation sites excluding steroid dienone is 1. The molecule has 6 heteroatoms. The number of aryl methyl sites for hydroxylation is 2. The molecular weight excluding hydrogens is 320 g/mol. The molecule has 0 bridgehead atoms. The summed E-state index contributed by atoms with van der Waals surface area (Å²) in [5.74, 6) is 0. The Bertz CT molecular complexity index is 953. The lowest BCUT2D eigenvalue weighted by Gasteiger charge is -2.11. The van der Waals surface area contributed by atoms with Crippen LogP contribution in [-0.4, -0.2) is 15.5 Å². The van der Waals surface area contributed by atoms with E-state index < -0.39 is 22.8 Å². The Balaban J connectivity index is 2.02. The topological polar surface area (TPSA) is 78.4 Å². The average Bonchev–Trinajstić information content (AvgIpc) is 2.91. The Hall–Kier alpha value is -3.15. The Kier molecular flexibility index (Phi) is 3.85. The minimum absolute atomic E-state index is 0.00623. The molecule has 1 heterocycles. The van der Waals surface area contributed by atoms with Gasteiger partial charge in [0, 0.05) is 11.0 Å². The third-order valence-electron chi connectivity index (χ3n) is 3.89. The molecule has 1 aliphatic heterocycles. The fourth-order valence-corrected chi connectivity index (χ4v) is 2.47. The lowest BCUT2D eigenvalue weighted by Crippen LogP contribution is -2.16. The summed E-state index contributed by atoms with van der Waals surface area (Å²) in [6.45, 7) is 3.75. The van der Waals surface area contributed by atoms with Crippen molar-refractivity contribution in [1.82, 2.24) is 0 Å². The van der Waals surface area contributed by atoms with Gasteiger partial charge in [0.15, 0.2) is 0 Å². The highest BCUT2D eigenvalue weighted by atomic mass is 16.9. The van der Waals surface area contributed by atoms with E-state index in [4.69, 9.17) is 7.58 Å². The second-order valence-electron chi connectivity index (χ2n) is 5.86. The molecule has 25 heavy (non-hydrogen) atoms. The van der Waals surface area contributed by atoms with Crippen molar-refractivity contribution in [2.45, 2.75) is 26.3 Å². The van der Waals surface area contributed by atoms with E-state index in [1.807, 2.05) is 13.8 Å². The monoisotopic (exact) mass is 340 g/mol. The summed E-state index contributed by atoms with van der Waals surface area (Å²) in [5.41, 5.74) is 1.64. The highest BCUT2D eigenvalue weighted by Gasteiger charge is 2.38. The summed E-state index contributed by atoms with van der Waals surface area (Å²) in [4.78, 5) is 16.0. The summed E-state index contributed by atoms with van der Waals surface area (Å²) in [6.07, 6.45) is -2.11. The number of rotatable bonds is 4. The molecule has 0 aliphatic carbocycles. The summed E-state index contributed by atoms with van der Waals surface area (Å²) < 4.78 is 16.7. The molecule has 3 rings (SSSR count). The molecule has 2 aromatic rings. The third-order valence-corrected chi connectivity index (χ3v) is 3.89. The highest BCUT2D eigenvalue weighted by Crippen LogP contribution is 2.29. The van der Waals surface area contributed by atoms with Crippen LogP contribution in [0.5, 0.6) is 0 Å². The first-order chi connectivity index (χ1) is 12.7. The van der Waals surface area contributed by atoms with Crippen molar-refractivity contribution in [2.24, 2.45) is 0 Å². The number of nitrogens with zero attached hydrogens (tertiary/aromatic N) is 2. The second kappa shape index (κ2) is 6.76. The molecule has 0 fully saturated rings. The maximum atomic E-state index is 12.3. The Morgan fingerprint density at radius 2 is 1.80 bits per heavy atom. The second-order valence-corrected chi connectivity index (χ2v) is 5.86. The molecule has 6 nitrogen and oxygen atoms in total. The Morgan fingerprint density at radius 1 is 1.24 bits per heavy atom. The van der Waals surface area contributed by atoms with Gasteiger partial charge in [-0.25, -0.2) is 0 Å². The Morgan fingerprint density at radius 3 is 2.36 bits per heavy atom. The quantitative estimate of drug-likeness (QED) is 0.479. The van der Waals surface area contributed by atoms with E-state index in [2.05, 4.69) is 0 Å². The molecule has 0 saturated carbocycles. The van der Waals surface area contributed by atoms with Crippen LogP contribution in [0.4, 0.5) is 0 Å². The van der Waals surface area contributed by atoms with Crippen molar-refractivity contribution in [2.75, 3.05) is 0 Å². The predicted octanol–water partition coefficient (Wildman–Crippen LogP) is 3.95. The first-order valence-electron chi connectivity index (χ1n) is 8.73. The van der Waals surface area contributed by atoms with Crippen molar-refractivity contribution < 1.29 is 17.4 Å². The van der Waals surface area contributed by atoms with E-state index in [-0.39, 0.29) is 17.0 Å². The van der Waals surface area contributed by atoms with Gasteiger partial charge < -0.3 is 4.84 Å².